The van der Waals surface area contributed by atoms with E-state index in [1.54, 1.807) is 66.7 Å². The van der Waals surface area contributed by atoms with E-state index in [9.17, 15) is 14.4 Å². The lowest BCUT2D eigenvalue weighted by Gasteiger charge is -2.24. The molecule has 45 heavy (non-hydrogen) atoms. The molecule has 0 unspecified atom stereocenters. The van der Waals surface area contributed by atoms with Crippen LogP contribution in [0.3, 0.4) is 0 Å². The average Bonchev–Trinajstić information content (AvgIpc) is 3.03. The summed E-state index contributed by atoms with van der Waals surface area (Å²) in [4.78, 5) is 38.5. The molecule has 0 radical (unpaired) electrons. The van der Waals surface area contributed by atoms with E-state index in [1.165, 1.54) is 7.11 Å². The Labute approximate surface area is 261 Å². The lowest BCUT2D eigenvalue weighted by Crippen LogP contribution is -2.47. The van der Waals surface area contributed by atoms with Gasteiger partial charge >= 0.3 is 11.9 Å². The summed E-state index contributed by atoms with van der Waals surface area (Å²) in [5.41, 5.74) is 15.2. The van der Waals surface area contributed by atoms with E-state index >= 15 is 0 Å². The predicted octanol–water partition coefficient (Wildman–Crippen LogP) is 4.11. The Morgan fingerprint density at radius 3 is 2.18 bits per heavy atom. The number of carbonyl (C=O) groups is 3. The monoisotopic (exact) mass is 609 g/mol. The number of amides is 1. The number of benzene rings is 4. The van der Waals surface area contributed by atoms with Gasteiger partial charge in [0, 0.05) is 30.3 Å². The number of esters is 2. The fourth-order valence-electron chi connectivity index (χ4n) is 4.48. The molecular weight excluding hydrogens is 574 g/mol. The number of methoxy groups -OCH3 is 1. The standard InChI is InChI=1S/C34H35N5O6/c1-21(40)45-34(42)28(18-22-8-13-26(35)14-9-22)39-33(41)31(38-27-15-10-24(11-16-27)32(36)37)25-12-17-29(30(19-25)43-2)44-20-23-6-4-3-5-7-23/h3-17,19,28,31,38H,18,20,35H2,1-2H3,(H3,36,37)(H,39,41)/t28-,31+/m0/s1. The molecule has 0 saturated carbocycles. The SMILES string of the molecule is COc1cc([C@@H](Nc2ccc(C(=N)N)cc2)C(=O)N[C@@H](Cc2ccc(N)cc2)C(=O)OC(C)=O)ccc1OCc1ccccc1. The van der Waals surface area contributed by atoms with Crippen molar-refractivity contribution in [1.82, 2.24) is 5.32 Å². The van der Waals surface area contributed by atoms with Crippen LogP contribution in [0.1, 0.15) is 35.2 Å². The lowest BCUT2D eigenvalue weighted by molar-refractivity contribution is -0.160. The third-order valence-electron chi connectivity index (χ3n) is 6.79. The molecule has 0 fully saturated rings. The van der Waals surface area contributed by atoms with Gasteiger partial charge in [0.05, 0.1) is 7.11 Å². The van der Waals surface area contributed by atoms with E-state index in [2.05, 4.69) is 10.6 Å². The molecule has 11 heteroatoms. The van der Waals surface area contributed by atoms with E-state index in [1.807, 2.05) is 30.3 Å². The van der Waals surface area contributed by atoms with Crippen molar-refractivity contribution in [3.8, 4) is 11.5 Å². The van der Waals surface area contributed by atoms with Gasteiger partial charge in [-0.2, -0.15) is 0 Å². The molecule has 11 nitrogen and oxygen atoms in total. The highest BCUT2D eigenvalue weighted by Crippen LogP contribution is 2.32. The van der Waals surface area contributed by atoms with Crippen LogP contribution in [0.15, 0.2) is 97.1 Å². The molecule has 232 valence electrons. The molecule has 0 aliphatic heterocycles. The minimum Gasteiger partial charge on any atom is -0.493 e. The summed E-state index contributed by atoms with van der Waals surface area (Å²) in [5, 5.41) is 13.6. The second-order valence-corrected chi connectivity index (χ2v) is 10.2. The molecule has 0 bridgehead atoms. The van der Waals surface area contributed by atoms with Gasteiger partial charge in [-0.3, -0.25) is 15.0 Å². The van der Waals surface area contributed by atoms with E-state index in [0.29, 0.717) is 46.2 Å². The Kier molecular flexibility index (Phi) is 10.7. The van der Waals surface area contributed by atoms with Gasteiger partial charge < -0.3 is 36.3 Å². The van der Waals surface area contributed by atoms with E-state index in [0.717, 1.165) is 12.5 Å². The fraction of sp³-hybridized carbons (Fsp3) is 0.176. The highest BCUT2D eigenvalue weighted by Gasteiger charge is 2.29. The molecule has 0 saturated heterocycles. The van der Waals surface area contributed by atoms with Crippen molar-refractivity contribution in [2.45, 2.75) is 32.0 Å². The van der Waals surface area contributed by atoms with Crippen molar-refractivity contribution >= 4 is 35.1 Å². The number of nitrogen functional groups attached to an aromatic ring is 2. The lowest BCUT2D eigenvalue weighted by atomic mass is 10.0. The minimum atomic E-state index is -1.19. The molecule has 0 heterocycles. The Morgan fingerprint density at radius 1 is 0.867 bits per heavy atom. The number of nitrogens with one attached hydrogen (secondary N) is 3. The molecule has 4 aromatic rings. The maximum atomic E-state index is 14.0. The van der Waals surface area contributed by atoms with Crippen molar-refractivity contribution in [3.05, 3.63) is 119 Å². The maximum absolute atomic E-state index is 14.0. The van der Waals surface area contributed by atoms with Crippen LogP contribution >= 0.6 is 0 Å². The number of rotatable bonds is 13. The number of nitrogens with two attached hydrogens (primary N) is 2. The first kappa shape index (κ1) is 32.1. The van der Waals surface area contributed by atoms with Gasteiger partial charge in [0.1, 0.15) is 24.5 Å². The first-order valence-corrected chi connectivity index (χ1v) is 14.1. The number of hydrogen-bond donors (Lipinski definition) is 5. The summed E-state index contributed by atoms with van der Waals surface area (Å²) >= 11 is 0. The number of hydrogen-bond acceptors (Lipinski definition) is 9. The number of amidine groups is 1. The smallest absolute Gasteiger partial charge is 0.336 e. The summed E-state index contributed by atoms with van der Waals surface area (Å²) in [6.45, 7) is 1.43. The van der Waals surface area contributed by atoms with Gasteiger partial charge in [0.15, 0.2) is 11.5 Å². The molecule has 0 aromatic heterocycles. The Balaban J connectivity index is 1.65. The highest BCUT2D eigenvalue weighted by atomic mass is 16.6. The predicted molar refractivity (Wildman–Crippen MR) is 171 cm³/mol. The largest absolute Gasteiger partial charge is 0.493 e. The number of carbonyl (C=O) groups excluding carboxylic acids is 3. The average molecular weight is 610 g/mol. The zero-order valence-electron chi connectivity index (χ0n) is 24.9. The molecule has 1 amide bonds. The maximum Gasteiger partial charge on any atom is 0.336 e. The molecule has 7 N–H and O–H groups in total. The molecular formula is C34H35N5O6. The zero-order valence-corrected chi connectivity index (χ0v) is 24.9. The number of anilines is 2. The van der Waals surface area contributed by atoms with E-state index in [-0.39, 0.29) is 12.3 Å². The molecule has 4 rings (SSSR count). The summed E-state index contributed by atoms with van der Waals surface area (Å²) in [7, 11) is 1.50. The molecule has 0 aliphatic carbocycles. The highest BCUT2D eigenvalue weighted by molar-refractivity contribution is 5.96. The Hall–Kier alpha value is -5.84. The van der Waals surface area contributed by atoms with Gasteiger partial charge in [-0.05, 0) is 65.2 Å². The van der Waals surface area contributed by atoms with Crippen LogP contribution in [-0.4, -0.2) is 36.8 Å². The molecule has 4 aromatic carbocycles. The van der Waals surface area contributed by atoms with Crippen molar-refractivity contribution in [3.63, 3.8) is 0 Å². The normalized spacial score (nSPS) is 11.9. The van der Waals surface area contributed by atoms with Crippen molar-refractivity contribution < 1.29 is 28.6 Å². The van der Waals surface area contributed by atoms with Gasteiger partial charge in [0.2, 0.25) is 5.91 Å². The van der Waals surface area contributed by atoms with Crippen LogP contribution < -0.4 is 31.6 Å². The summed E-state index contributed by atoms with van der Waals surface area (Å²) < 4.78 is 16.5. The Morgan fingerprint density at radius 2 is 1.56 bits per heavy atom. The van der Waals surface area contributed by atoms with Crippen LogP contribution in [0.2, 0.25) is 0 Å². The van der Waals surface area contributed by atoms with Crippen molar-refractivity contribution in [2.75, 3.05) is 18.2 Å². The second kappa shape index (κ2) is 15.1. The topological polar surface area (TPSA) is 179 Å². The molecule has 0 aliphatic rings. The summed E-state index contributed by atoms with van der Waals surface area (Å²) in [6, 6.07) is 26.0. The first-order valence-electron chi connectivity index (χ1n) is 14.1. The van der Waals surface area contributed by atoms with Gasteiger partial charge in [0.25, 0.3) is 0 Å². The third-order valence-corrected chi connectivity index (χ3v) is 6.79. The number of ether oxygens (including phenoxy) is 3. The zero-order chi connectivity index (χ0) is 32.3. The van der Waals surface area contributed by atoms with E-state index < -0.39 is 29.9 Å². The molecule has 0 spiro atoms. The van der Waals surface area contributed by atoms with Crippen LogP contribution in [0.5, 0.6) is 11.5 Å². The summed E-state index contributed by atoms with van der Waals surface area (Å²) in [5.74, 6) is -1.51. The fourth-order valence-corrected chi connectivity index (χ4v) is 4.48. The van der Waals surface area contributed by atoms with Crippen LogP contribution in [0, 0.1) is 5.41 Å². The van der Waals surface area contributed by atoms with Crippen LogP contribution in [0.4, 0.5) is 11.4 Å². The van der Waals surface area contributed by atoms with Crippen molar-refractivity contribution in [1.29, 1.82) is 5.41 Å². The summed E-state index contributed by atoms with van der Waals surface area (Å²) in [6.07, 6.45) is 0.0494. The van der Waals surface area contributed by atoms with Crippen LogP contribution in [0.25, 0.3) is 0 Å². The van der Waals surface area contributed by atoms with Crippen molar-refractivity contribution in [2.24, 2.45) is 5.73 Å². The van der Waals surface area contributed by atoms with Crippen LogP contribution in [-0.2, 0) is 32.1 Å². The third kappa shape index (κ3) is 9.07. The quantitative estimate of drug-likeness (QED) is 0.0490. The first-order chi connectivity index (χ1) is 21.6. The van der Waals surface area contributed by atoms with Gasteiger partial charge in [-0.1, -0.05) is 48.5 Å². The van der Waals surface area contributed by atoms with Gasteiger partial charge in [-0.15, -0.1) is 0 Å². The Bertz CT molecular complexity index is 1640. The minimum absolute atomic E-state index is 0.0494. The molecule has 2 atom stereocenters. The van der Waals surface area contributed by atoms with E-state index in [4.69, 9.17) is 31.1 Å². The second-order valence-electron chi connectivity index (χ2n) is 10.2. The van der Waals surface area contributed by atoms with Gasteiger partial charge in [-0.25, -0.2) is 4.79 Å².